The number of nitrogens with zero attached hydrogens (tertiary/aromatic N) is 3. The highest BCUT2D eigenvalue weighted by Gasteiger charge is 2.33. The Morgan fingerprint density at radius 2 is 1.97 bits per heavy atom. The molecular formula is C21H18F3N3O2S. The molecule has 0 N–H and O–H groups in total. The van der Waals surface area contributed by atoms with Crippen LogP contribution in [0, 0.1) is 0 Å². The number of hydrogen-bond acceptors (Lipinski definition) is 5. The number of rotatable bonds is 4. The molecule has 1 aromatic carbocycles. The second kappa shape index (κ2) is 8.43. The van der Waals surface area contributed by atoms with Crippen LogP contribution >= 0.6 is 11.3 Å². The molecule has 9 heteroatoms. The van der Waals surface area contributed by atoms with Crippen LogP contribution in [0.15, 0.2) is 54.0 Å². The third-order valence-electron chi connectivity index (χ3n) is 4.80. The van der Waals surface area contributed by atoms with Crippen molar-refractivity contribution >= 4 is 17.2 Å². The minimum absolute atomic E-state index is 0.133. The number of hydrogen-bond donors (Lipinski definition) is 0. The summed E-state index contributed by atoms with van der Waals surface area (Å²) in [5.74, 6) is -0.133. The molecule has 2 aromatic heterocycles. The van der Waals surface area contributed by atoms with Crippen LogP contribution in [-0.2, 0) is 6.18 Å². The van der Waals surface area contributed by atoms with Crippen LogP contribution in [0.5, 0.6) is 6.01 Å². The van der Waals surface area contributed by atoms with E-state index in [0.29, 0.717) is 24.9 Å². The lowest BCUT2D eigenvalue weighted by Gasteiger charge is -2.32. The molecule has 1 unspecified atom stereocenters. The summed E-state index contributed by atoms with van der Waals surface area (Å²) in [4.78, 5) is 22.9. The number of alkyl halides is 3. The normalized spacial score (nSPS) is 17.0. The van der Waals surface area contributed by atoms with Crippen LogP contribution in [0.2, 0.25) is 0 Å². The molecule has 0 radical (unpaired) electrons. The first-order chi connectivity index (χ1) is 14.4. The lowest BCUT2D eigenvalue weighted by Crippen LogP contribution is -2.44. The minimum atomic E-state index is -4.56. The predicted molar refractivity (Wildman–Crippen MR) is 106 cm³/mol. The van der Waals surface area contributed by atoms with Crippen LogP contribution in [0.3, 0.4) is 0 Å². The molecular weight excluding hydrogens is 415 g/mol. The van der Waals surface area contributed by atoms with Gasteiger partial charge in [0.2, 0.25) is 0 Å². The number of carbonyl (C=O) groups is 1. The van der Waals surface area contributed by atoms with Gasteiger partial charge in [-0.2, -0.15) is 18.2 Å². The number of thiophene rings is 1. The number of likely N-dealkylation sites (tertiary alicyclic amines) is 1. The molecule has 1 atom stereocenters. The smallest absolute Gasteiger partial charge is 0.433 e. The SMILES string of the molecule is O=C(c1ccc(-c2cccs2)cc1)N1CCCC(Oc2nccc(C(F)(F)F)n2)C1. The average molecular weight is 433 g/mol. The van der Waals surface area contributed by atoms with Gasteiger partial charge in [-0.25, -0.2) is 4.98 Å². The summed E-state index contributed by atoms with van der Waals surface area (Å²) >= 11 is 1.63. The van der Waals surface area contributed by atoms with Gasteiger partial charge in [0.25, 0.3) is 5.91 Å². The van der Waals surface area contributed by atoms with Crippen molar-refractivity contribution in [2.45, 2.75) is 25.1 Å². The molecule has 0 spiro atoms. The first-order valence-corrected chi connectivity index (χ1v) is 10.3. The molecule has 1 amide bonds. The molecule has 4 rings (SSSR count). The van der Waals surface area contributed by atoms with E-state index < -0.39 is 18.0 Å². The third-order valence-corrected chi connectivity index (χ3v) is 5.72. The van der Waals surface area contributed by atoms with Crippen molar-refractivity contribution in [3.63, 3.8) is 0 Å². The van der Waals surface area contributed by atoms with E-state index >= 15 is 0 Å². The van der Waals surface area contributed by atoms with Gasteiger partial charge in [-0.05, 0) is 48.1 Å². The van der Waals surface area contributed by atoms with Crippen molar-refractivity contribution in [1.82, 2.24) is 14.9 Å². The molecule has 3 heterocycles. The Balaban J connectivity index is 1.42. The summed E-state index contributed by atoms with van der Waals surface area (Å²) in [7, 11) is 0. The Hall–Kier alpha value is -2.94. The van der Waals surface area contributed by atoms with Crippen LogP contribution in [0.1, 0.15) is 28.9 Å². The Morgan fingerprint density at radius 3 is 2.67 bits per heavy atom. The molecule has 1 saturated heterocycles. The van der Waals surface area contributed by atoms with Gasteiger partial charge in [0.1, 0.15) is 6.10 Å². The van der Waals surface area contributed by atoms with Gasteiger partial charge in [-0.1, -0.05) is 18.2 Å². The second-order valence-electron chi connectivity index (χ2n) is 6.91. The highest BCUT2D eigenvalue weighted by molar-refractivity contribution is 7.13. The lowest BCUT2D eigenvalue weighted by molar-refractivity contribution is -0.141. The van der Waals surface area contributed by atoms with E-state index in [2.05, 4.69) is 9.97 Å². The number of amides is 1. The fraction of sp³-hybridized carbons (Fsp3) is 0.286. The third kappa shape index (κ3) is 4.62. The molecule has 1 aliphatic heterocycles. The Bertz CT molecular complexity index is 1010. The fourth-order valence-corrected chi connectivity index (χ4v) is 4.06. The summed E-state index contributed by atoms with van der Waals surface area (Å²) in [6, 6.07) is 11.9. The second-order valence-corrected chi connectivity index (χ2v) is 7.86. The molecule has 1 aliphatic rings. The molecule has 1 fully saturated rings. The van der Waals surface area contributed by atoms with Crippen molar-refractivity contribution in [2.24, 2.45) is 0 Å². The van der Waals surface area contributed by atoms with Crippen molar-refractivity contribution in [1.29, 1.82) is 0 Å². The van der Waals surface area contributed by atoms with Gasteiger partial charge in [-0.15, -0.1) is 11.3 Å². The Kier molecular flexibility index (Phi) is 5.72. The zero-order chi connectivity index (χ0) is 21.1. The highest BCUT2D eigenvalue weighted by Crippen LogP contribution is 2.29. The van der Waals surface area contributed by atoms with Gasteiger partial charge in [0, 0.05) is 23.2 Å². The largest absolute Gasteiger partial charge is 0.458 e. The first kappa shape index (κ1) is 20.3. The van der Waals surface area contributed by atoms with Crippen LogP contribution < -0.4 is 4.74 Å². The topological polar surface area (TPSA) is 55.3 Å². The molecule has 156 valence electrons. The van der Waals surface area contributed by atoms with Crippen LogP contribution in [0.4, 0.5) is 13.2 Å². The molecule has 5 nitrogen and oxygen atoms in total. The van der Waals surface area contributed by atoms with Gasteiger partial charge in [0.05, 0.1) is 6.54 Å². The summed E-state index contributed by atoms with van der Waals surface area (Å²) < 4.78 is 44.0. The van der Waals surface area contributed by atoms with Crippen molar-refractivity contribution < 1.29 is 22.7 Å². The summed E-state index contributed by atoms with van der Waals surface area (Å²) in [6.45, 7) is 0.833. The number of halogens is 3. The zero-order valence-corrected chi connectivity index (χ0v) is 16.6. The predicted octanol–water partition coefficient (Wildman–Crippen LogP) is 4.91. The van der Waals surface area contributed by atoms with Crippen molar-refractivity contribution in [2.75, 3.05) is 13.1 Å². The van der Waals surface area contributed by atoms with Gasteiger partial charge < -0.3 is 9.64 Å². The van der Waals surface area contributed by atoms with E-state index in [9.17, 15) is 18.0 Å². The lowest BCUT2D eigenvalue weighted by atomic mass is 10.1. The van der Waals surface area contributed by atoms with Gasteiger partial charge in [0.15, 0.2) is 5.69 Å². The van der Waals surface area contributed by atoms with E-state index in [-0.39, 0.29) is 18.5 Å². The number of ether oxygens (including phenoxy) is 1. The molecule has 0 bridgehead atoms. The van der Waals surface area contributed by atoms with E-state index in [0.717, 1.165) is 22.7 Å². The van der Waals surface area contributed by atoms with E-state index in [4.69, 9.17) is 4.74 Å². The number of aromatic nitrogens is 2. The molecule has 0 aliphatic carbocycles. The standard InChI is InChI=1S/C21H18F3N3O2S/c22-21(23,24)18-9-10-25-20(26-18)29-16-3-1-11-27(13-16)19(28)15-7-5-14(6-8-15)17-4-2-12-30-17/h2,4-10,12,16H,1,3,11,13H2. The number of piperidine rings is 1. The zero-order valence-electron chi connectivity index (χ0n) is 15.8. The van der Waals surface area contributed by atoms with Crippen molar-refractivity contribution in [3.8, 4) is 16.5 Å². The highest BCUT2D eigenvalue weighted by atomic mass is 32.1. The Morgan fingerprint density at radius 1 is 1.17 bits per heavy atom. The molecule has 3 aromatic rings. The van der Waals surface area contributed by atoms with Gasteiger partial charge in [-0.3, -0.25) is 4.79 Å². The van der Waals surface area contributed by atoms with E-state index in [1.54, 1.807) is 28.4 Å². The summed E-state index contributed by atoms with van der Waals surface area (Å²) in [6.07, 6.45) is -2.71. The van der Waals surface area contributed by atoms with E-state index in [1.807, 2.05) is 29.6 Å². The molecule has 0 saturated carbocycles. The van der Waals surface area contributed by atoms with Gasteiger partial charge >= 0.3 is 12.2 Å². The Labute approximate surface area is 175 Å². The average Bonchev–Trinajstić information content (AvgIpc) is 3.28. The summed E-state index contributed by atoms with van der Waals surface area (Å²) in [5, 5.41) is 2.00. The van der Waals surface area contributed by atoms with E-state index in [1.165, 1.54) is 0 Å². The van der Waals surface area contributed by atoms with Crippen LogP contribution in [0.25, 0.3) is 10.4 Å². The first-order valence-electron chi connectivity index (χ1n) is 9.40. The number of benzene rings is 1. The maximum absolute atomic E-state index is 12.9. The quantitative estimate of drug-likeness (QED) is 0.587. The molecule has 30 heavy (non-hydrogen) atoms. The monoisotopic (exact) mass is 433 g/mol. The van der Waals surface area contributed by atoms with Crippen molar-refractivity contribution in [3.05, 3.63) is 65.3 Å². The minimum Gasteiger partial charge on any atom is -0.458 e. The number of carbonyl (C=O) groups excluding carboxylic acids is 1. The maximum atomic E-state index is 12.9. The summed E-state index contributed by atoms with van der Waals surface area (Å²) in [5.41, 5.74) is 0.552. The maximum Gasteiger partial charge on any atom is 0.433 e. The van der Waals surface area contributed by atoms with Crippen LogP contribution in [-0.4, -0.2) is 40.0 Å². The fourth-order valence-electron chi connectivity index (χ4n) is 3.33.